The van der Waals surface area contributed by atoms with Gasteiger partial charge in [0.2, 0.25) is 5.88 Å². The first-order chi connectivity index (χ1) is 11.5. The summed E-state index contributed by atoms with van der Waals surface area (Å²) < 4.78 is 7.03. The number of fused-ring (bicyclic) bond motifs is 1. The number of nitrogens with zero attached hydrogens (tertiary/aromatic N) is 4. The Morgan fingerprint density at radius 2 is 2.17 bits per heavy atom. The Labute approximate surface area is 138 Å². The second kappa shape index (κ2) is 6.11. The third kappa shape index (κ3) is 2.60. The number of aromatic nitrogens is 3. The molecule has 0 amide bonds. The van der Waals surface area contributed by atoms with Crippen molar-refractivity contribution in [3.05, 3.63) is 64.0 Å². The predicted octanol–water partition coefficient (Wildman–Crippen LogP) is 3.35. The first-order valence-corrected chi connectivity index (χ1v) is 7.32. The Kier molecular flexibility index (Phi) is 3.99. The fourth-order valence-corrected chi connectivity index (χ4v) is 2.68. The van der Waals surface area contributed by atoms with E-state index in [0.717, 1.165) is 11.3 Å². The van der Waals surface area contributed by atoms with Crippen molar-refractivity contribution in [3.63, 3.8) is 0 Å². The van der Waals surface area contributed by atoms with Crippen molar-refractivity contribution in [3.8, 4) is 5.88 Å². The summed E-state index contributed by atoms with van der Waals surface area (Å²) in [6.07, 6.45) is 1.52. The molecule has 0 fully saturated rings. The van der Waals surface area contributed by atoms with Crippen LogP contribution in [0.4, 0.5) is 5.69 Å². The largest absolute Gasteiger partial charge is 0.481 e. The molecule has 3 aromatic rings. The number of aryl methyl sites for hydroxylation is 1. The molecular formula is C17H16N4O3. The molecule has 0 aliphatic rings. The molecule has 2 aromatic heterocycles. The summed E-state index contributed by atoms with van der Waals surface area (Å²) in [6.45, 7) is 5.99. The number of ether oxygens (including phenoxy) is 1. The second-order valence-electron chi connectivity index (χ2n) is 5.30. The molecule has 0 saturated carbocycles. The molecule has 0 unspecified atom stereocenters. The van der Waals surface area contributed by atoms with Crippen LogP contribution in [0, 0.1) is 17.0 Å². The van der Waals surface area contributed by atoms with Gasteiger partial charge in [0, 0.05) is 17.3 Å². The molecule has 1 aromatic carbocycles. The van der Waals surface area contributed by atoms with Gasteiger partial charge in [0.25, 0.3) is 5.69 Å². The molecule has 3 rings (SSSR count). The summed E-state index contributed by atoms with van der Waals surface area (Å²) >= 11 is 0. The van der Waals surface area contributed by atoms with E-state index in [1.165, 1.54) is 12.1 Å². The highest BCUT2D eigenvalue weighted by atomic mass is 16.6. The average molecular weight is 324 g/mol. The lowest BCUT2D eigenvalue weighted by atomic mass is 10.1. The minimum Gasteiger partial charge on any atom is -0.481 e. The fraction of sp³-hybridized carbons (Fsp3) is 0.176. The van der Waals surface area contributed by atoms with Gasteiger partial charge in [-0.1, -0.05) is 12.6 Å². The Morgan fingerprint density at radius 3 is 2.83 bits per heavy atom. The molecule has 0 aliphatic carbocycles. The van der Waals surface area contributed by atoms with Gasteiger partial charge in [0.1, 0.15) is 5.39 Å². The van der Waals surface area contributed by atoms with Crippen molar-refractivity contribution in [2.24, 2.45) is 0 Å². The number of nitro benzene ring substituents is 1. The molecule has 0 spiro atoms. The van der Waals surface area contributed by atoms with Crippen LogP contribution in [0.3, 0.4) is 0 Å². The van der Waals surface area contributed by atoms with E-state index < -0.39 is 4.92 Å². The van der Waals surface area contributed by atoms with Gasteiger partial charge < -0.3 is 4.74 Å². The molecule has 0 aliphatic heterocycles. The van der Waals surface area contributed by atoms with E-state index in [0.29, 0.717) is 29.0 Å². The minimum atomic E-state index is -0.407. The third-order valence-electron chi connectivity index (χ3n) is 3.76. The maximum absolute atomic E-state index is 11.3. The third-order valence-corrected chi connectivity index (χ3v) is 3.76. The summed E-state index contributed by atoms with van der Waals surface area (Å²) in [5.41, 5.74) is 2.86. The average Bonchev–Trinajstić information content (AvgIpc) is 2.94. The van der Waals surface area contributed by atoms with Gasteiger partial charge in [-0.3, -0.25) is 14.8 Å². The number of rotatable bonds is 5. The van der Waals surface area contributed by atoms with Gasteiger partial charge in [-0.25, -0.2) is 4.98 Å². The molecule has 0 atom stereocenters. The molecule has 7 nitrogen and oxygen atoms in total. The van der Waals surface area contributed by atoms with E-state index in [-0.39, 0.29) is 5.69 Å². The minimum absolute atomic E-state index is 0.0163. The first-order valence-electron chi connectivity index (χ1n) is 7.32. The van der Waals surface area contributed by atoms with Crippen LogP contribution in [0.15, 0.2) is 36.9 Å². The highest BCUT2D eigenvalue weighted by molar-refractivity contribution is 5.94. The normalized spacial score (nSPS) is 10.8. The van der Waals surface area contributed by atoms with Gasteiger partial charge in [0.15, 0.2) is 0 Å². The van der Waals surface area contributed by atoms with Crippen LogP contribution in [0.2, 0.25) is 0 Å². The molecule has 0 bridgehead atoms. The van der Waals surface area contributed by atoms with E-state index in [1.54, 1.807) is 23.9 Å². The summed E-state index contributed by atoms with van der Waals surface area (Å²) in [7, 11) is 1.56. The van der Waals surface area contributed by atoms with E-state index in [4.69, 9.17) is 4.74 Å². The highest BCUT2D eigenvalue weighted by Crippen LogP contribution is 2.30. The zero-order chi connectivity index (χ0) is 17.3. The maximum Gasteiger partial charge on any atom is 0.281 e. The monoisotopic (exact) mass is 324 g/mol. The van der Waals surface area contributed by atoms with Gasteiger partial charge in [-0.05, 0) is 31.2 Å². The quantitative estimate of drug-likeness (QED) is 0.531. The summed E-state index contributed by atoms with van der Waals surface area (Å²) in [5.74, 6) is 0.518. The summed E-state index contributed by atoms with van der Waals surface area (Å²) in [6, 6.07) is 8.72. The van der Waals surface area contributed by atoms with Crippen molar-refractivity contribution >= 4 is 22.7 Å². The number of benzene rings is 1. The number of hydrogen-bond donors (Lipinski definition) is 0. The lowest BCUT2D eigenvalue weighted by molar-refractivity contribution is -0.383. The SMILES string of the molecule is C=Cc1nn(Cc2ccc(C)nc2OC)c2cccc([N+](=O)[O-])c12. The van der Waals surface area contributed by atoms with Crippen LogP contribution in [-0.2, 0) is 6.54 Å². The van der Waals surface area contributed by atoms with E-state index in [2.05, 4.69) is 16.7 Å². The van der Waals surface area contributed by atoms with Crippen molar-refractivity contribution in [1.82, 2.24) is 14.8 Å². The molecule has 0 saturated heterocycles. The number of pyridine rings is 1. The zero-order valence-electron chi connectivity index (χ0n) is 13.4. The summed E-state index contributed by atoms with van der Waals surface area (Å²) in [4.78, 5) is 15.2. The Bertz CT molecular complexity index is 946. The highest BCUT2D eigenvalue weighted by Gasteiger charge is 2.20. The number of hydrogen-bond acceptors (Lipinski definition) is 5. The Hall–Kier alpha value is -3.22. The van der Waals surface area contributed by atoms with Gasteiger partial charge >= 0.3 is 0 Å². The van der Waals surface area contributed by atoms with Crippen LogP contribution >= 0.6 is 0 Å². The van der Waals surface area contributed by atoms with Crippen LogP contribution in [-0.4, -0.2) is 26.8 Å². The van der Waals surface area contributed by atoms with E-state index >= 15 is 0 Å². The Morgan fingerprint density at radius 1 is 1.38 bits per heavy atom. The standard InChI is InChI=1S/C17H16N4O3/c1-4-13-16-14(6-5-7-15(16)21(22)23)20(19-13)10-12-9-8-11(2)18-17(12)24-3/h4-9H,1,10H2,2-3H3. The molecule has 7 heteroatoms. The van der Waals surface area contributed by atoms with Gasteiger partial charge in [-0.2, -0.15) is 5.10 Å². The molecule has 0 radical (unpaired) electrons. The van der Waals surface area contributed by atoms with Crippen molar-refractivity contribution < 1.29 is 9.66 Å². The molecule has 122 valence electrons. The Balaban J connectivity index is 2.16. The smallest absolute Gasteiger partial charge is 0.281 e. The predicted molar refractivity (Wildman–Crippen MR) is 91.1 cm³/mol. The van der Waals surface area contributed by atoms with Gasteiger partial charge in [0.05, 0.1) is 29.8 Å². The lowest BCUT2D eigenvalue weighted by Gasteiger charge is -2.09. The van der Waals surface area contributed by atoms with Crippen LogP contribution in [0.1, 0.15) is 17.0 Å². The molecule has 0 N–H and O–H groups in total. The molecule has 2 heterocycles. The van der Waals surface area contributed by atoms with Crippen LogP contribution in [0.25, 0.3) is 17.0 Å². The lowest BCUT2D eigenvalue weighted by Crippen LogP contribution is -2.05. The van der Waals surface area contributed by atoms with E-state index in [1.807, 2.05) is 19.1 Å². The molecule has 24 heavy (non-hydrogen) atoms. The molecular weight excluding hydrogens is 308 g/mol. The van der Waals surface area contributed by atoms with Crippen molar-refractivity contribution in [1.29, 1.82) is 0 Å². The number of nitro groups is 1. The second-order valence-corrected chi connectivity index (χ2v) is 5.30. The van der Waals surface area contributed by atoms with Crippen molar-refractivity contribution in [2.75, 3.05) is 7.11 Å². The van der Waals surface area contributed by atoms with Crippen LogP contribution in [0.5, 0.6) is 5.88 Å². The maximum atomic E-state index is 11.3. The van der Waals surface area contributed by atoms with Crippen molar-refractivity contribution in [2.45, 2.75) is 13.5 Å². The topological polar surface area (TPSA) is 83.1 Å². The number of methoxy groups -OCH3 is 1. The first kappa shape index (κ1) is 15.7. The summed E-state index contributed by atoms with van der Waals surface area (Å²) in [5, 5.41) is 16.2. The van der Waals surface area contributed by atoms with E-state index in [9.17, 15) is 10.1 Å². The zero-order valence-corrected chi connectivity index (χ0v) is 13.4. The van der Waals surface area contributed by atoms with Gasteiger partial charge in [-0.15, -0.1) is 0 Å². The van der Waals surface area contributed by atoms with Crippen LogP contribution < -0.4 is 4.74 Å². The number of non-ortho nitro benzene ring substituents is 1. The fourth-order valence-electron chi connectivity index (χ4n) is 2.68.